The van der Waals surface area contributed by atoms with Crippen molar-refractivity contribution in [3.63, 3.8) is 0 Å². The minimum Gasteiger partial charge on any atom is -0.358 e. The number of nitro groups is 1. The van der Waals surface area contributed by atoms with E-state index in [9.17, 15) is 14.9 Å². The SMILES string of the molecule is CCCc1ccc(NC(=O)Cn2cnc([N+](=O)[O-])c2)cc1. The number of carbonyl (C=O) groups excluding carboxylic acids is 1. The van der Waals surface area contributed by atoms with Crippen LogP contribution in [0.4, 0.5) is 11.5 Å². The van der Waals surface area contributed by atoms with Crippen LogP contribution in [-0.4, -0.2) is 20.4 Å². The number of amides is 1. The molecule has 0 aliphatic carbocycles. The van der Waals surface area contributed by atoms with Crippen molar-refractivity contribution in [1.82, 2.24) is 9.55 Å². The second-order valence-electron chi connectivity index (χ2n) is 4.66. The molecule has 0 aliphatic rings. The summed E-state index contributed by atoms with van der Waals surface area (Å²) in [6, 6.07) is 7.64. The van der Waals surface area contributed by atoms with Crippen LogP contribution in [0.25, 0.3) is 0 Å². The number of carbonyl (C=O) groups is 1. The van der Waals surface area contributed by atoms with Crippen LogP contribution in [0, 0.1) is 10.1 Å². The van der Waals surface area contributed by atoms with Crippen molar-refractivity contribution >= 4 is 17.4 Å². The molecule has 21 heavy (non-hydrogen) atoms. The zero-order valence-electron chi connectivity index (χ0n) is 11.7. The van der Waals surface area contributed by atoms with Crippen molar-refractivity contribution in [1.29, 1.82) is 0 Å². The Morgan fingerprint density at radius 3 is 2.67 bits per heavy atom. The lowest BCUT2D eigenvalue weighted by Crippen LogP contribution is -2.17. The van der Waals surface area contributed by atoms with E-state index < -0.39 is 4.92 Å². The van der Waals surface area contributed by atoms with Gasteiger partial charge in [0.2, 0.25) is 12.2 Å². The first-order valence-corrected chi connectivity index (χ1v) is 6.63. The lowest BCUT2D eigenvalue weighted by molar-refractivity contribution is -0.389. The molecule has 1 aromatic carbocycles. The number of nitrogens with zero attached hydrogens (tertiary/aromatic N) is 3. The molecule has 0 radical (unpaired) electrons. The second-order valence-corrected chi connectivity index (χ2v) is 4.66. The third-order valence-corrected chi connectivity index (χ3v) is 2.91. The summed E-state index contributed by atoms with van der Waals surface area (Å²) in [5.74, 6) is -0.530. The number of aryl methyl sites for hydroxylation is 1. The number of anilines is 1. The van der Waals surface area contributed by atoms with Gasteiger partial charge in [-0.1, -0.05) is 25.5 Å². The Balaban J connectivity index is 1.92. The molecule has 1 aromatic heterocycles. The van der Waals surface area contributed by atoms with E-state index in [1.54, 1.807) is 0 Å². The smallest absolute Gasteiger partial charge is 0.358 e. The number of benzene rings is 1. The Kier molecular flexibility index (Phi) is 4.65. The standard InChI is InChI=1S/C14H16N4O3/c1-2-3-11-4-6-12(7-5-11)16-14(19)9-17-8-13(15-10-17)18(20)21/h4-8,10H,2-3,9H2,1H3,(H,16,19). The first-order chi connectivity index (χ1) is 10.1. The molecule has 0 unspecified atom stereocenters. The zero-order chi connectivity index (χ0) is 15.2. The van der Waals surface area contributed by atoms with Crippen molar-refractivity contribution in [3.8, 4) is 0 Å². The minimum absolute atomic E-state index is 0.0163. The number of imidazole rings is 1. The largest absolute Gasteiger partial charge is 0.381 e. The summed E-state index contributed by atoms with van der Waals surface area (Å²) < 4.78 is 1.37. The molecule has 1 N–H and O–H groups in total. The van der Waals surface area contributed by atoms with Crippen molar-refractivity contribution in [2.45, 2.75) is 26.3 Å². The van der Waals surface area contributed by atoms with E-state index in [4.69, 9.17) is 0 Å². The summed E-state index contributed by atoms with van der Waals surface area (Å²) in [5.41, 5.74) is 1.93. The number of rotatable bonds is 6. The highest BCUT2D eigenvalue weighted by Gasteiger charge is 2.12. The van der Waals surface area contributed by atoms with Crippen LogP contribution in [0.2, 0.25) is 0 Å². The van der Waals surface area contributed by atoms with Gasteiger partial charge in [-0.15, -0.1) is 0 Å². The van der Waals surface area contributed by atoms with Gasteiger partial charge in [-0.25, -0.2) is 0 Å². The normalized spacial score (nSPS) is 10.3. The van der Waals surface area contributed by atoms with E-state index in [-0.39, 0.29) is 18.3 Å². The molecule has 0 bridgehead atoms. The number of nitrogens with one attached hydrogen (secondary N) is 1. The van der Waals surface area contributed by atoms with Gasteiger partial charge in [0.15, 0.2) is 0 Å². The maximum absolute atomic E-state index is 11.8. The van der Waals surface area contributed by atoms with Gasteiger partial charge >= 0.3 is 5.82 Å². The number of hydrogen-bond acceptors (Lipinski definition) is 4. The van der Waals surface area contributed by atoms with Gasteiger partial charge in [-0.3, -0.25) is 4.79 Å². The van der Waals surface area contributed by atoms with E-state index in [0.29, 0.717) is 5.69 Å². The average Bonchev–Trinajstić information content (AvgIpc) is 2.90. The first kappa shape index (κ1) is 14.7. The molecule has 0 saturated carbocycles. The first-order valence-electron chi connectivity index (χ1n) is 6.63. The quantitative estimate of drug-likeness (QED) is 0.652. The highest BCUT2D eigenvalue weighted by molar-refractivity contribution is 5.90. The van der Waals surface area contributed by atoms with Crippen molar-refractivity contribution < 1.29 is 9.72 Å². The maximum Gasteiger partial charge on any atom is 0.381 e. The van der Waals surface area contributed by atoms with E-state index in [2.05, 4.69) is 17.2 Å². The fourth-order valence-electron chi connectivity index (χ4n) is 1.94. The van der Waals surface area contributed by atoms with Gasteiger partial charge in [0.05, 0.1) is 0 Å². The Labute approximate surface area is 121 Å². The minimum atomic E-state index is -0.596. The topological polar surface area (TPSA) is 90.1 Å². The molecule has 1 amide bonds. The van der Waals surface area contributed by atoms with E-state index in [1.807, 2.05) is 24.3 Å². The summed E-state index contributed by atoms with van der Waals surface area (Å²) in [5, 5.41) is 13.2. The van der Waals surface area contributed by atoms with Crippen LogP contribution in [0.3, 0.4) is 0 Å². The fraction of sp³-hybridized carbons (Fsp3) is 0.286. The molecule has 0 aliphatic heterocycles. The van der Waals surface area contributed by atoms with Crippen molar-refractivity contribution in [2.75, 3.05) is 5.32 Å². The molecule has 0 spiro atoms. The van der Waals surface area contributed by atoms with E-state index >= 15 is 0 Å². The predicted molar refractivity (Wildman–Crippen MR) is 77.9 cm³/mol. The van der Waals surface area contributed by atoms with Crippen LogP contribution >= 0.6 is 0 Å². The summed E-state index contributed by atoms with van der Waals surface area (Å²) in [4.78, 5) is 25.3. The lowest BCUT2D eigenvalue weighted by atomic mass is 10.1. The van der Waals surface area contributed by atoms with Gasteiger partial charge in [-0.2, -0.15) is 0 Å². The molecular formula is C14H16N4O3. The van der Waals surface area contributed by atoms with Crippen LogP contribution in [0.1, 0.15) is 18.9 Å². The third-order valence-electron chi connectivity index (χ3n) is 2.91. The Hall–Kier alpha value is -2.70. The summed E-state index contributed by atoms with van der Waals surface area (Å²) in [6.45, 7) is 2.09. The second kappa shape index (κ2) is 6.65. The van der Waals surface area contributed by atoms with Gasteiger partial charge in [0.25, 0.3) is 0 Å². The molecule has 0 saturated heterocycles. The van der Waals surface area contributed by atoms with E-state index in [0.717, 1.165) is 12.8 Å². The third kappa shape index (κ3) is 4.13. The molecule has 0 atom stereocenters. The molecule has 2 rings (SSSR count). The zero-order valence-corrected chi connectivity index (χ0v) is 11.7. The maximum atomic E-state index is 11.8. The van der Waals surface area contributed by atoms with Gasteiger partial charge in [-0.05, 0) is 34.0 Å². The molecule has 110 valence electrons. The van der Waals surface area contributed by atoms with Crippen LogP contribution in [-0.2, 0) is 17.8 Å². The fourth-order valence-corrected chi connectivity index (χ4v) is 1.94. The lowest BCUT2D eigenvalue weighted by Gasteiger charge is -2.06. The molecular weight excluding hydrogens is 272 g/mol. The average molecular weight is 288 g/mol. The Morgan fingerprint density at radius 1 is 1.38 bits per heavy atom. The number of hydrogen-bond donors (Lipinski definition) is 1. The van der Waals surface area contributed by atoms with Crippen molar-refractivity contribution in [2.24, 2.45) is 0 Å². The summed E-state index contributed by atoms with van der Waals surface area (Å²) in [6.07, 6.45) is 4.57. The van der Waals surface area contributed by atoms with Crippen LogP contribution in [0.15, 0.2) is 36.8 Å². The predicted octanol–water partition coefficient (Wildman–Crippen LogP) is 2.38. The monoisotopic (exact) mass is 288 g/mol. The van der Waals surface area contributed by atoms with Gasteiger partial charge < -0.3 is 20.0 Å². The highest BCUT2D eigenvalue weighted by Crippen LogP contribution is 2.11. The molecule has 7 nitrogen and oxygen atoms in total. The van der Waals surface area contributed by atoms with Crippen LogP contribution < -0.4 is 5.32 Å². The van der Waals surface area contributed by atoms with E-state index in [1.165, 1.54) is 22.7 Å². The Bertz CT molecular complexity index is 634. The van der Waals surface area contributed by atoms with Crippen molar-refractivity contribution in [3.05, 3.63) is 52.5 Å². The number of aromatic nitrogens is 2. The van der Waals surface area contributed by atoms with Gasteiger partial charge in [0, 0.05) is 5.69 Å². The molecule has 7 heteroatoms. The van der Waals surface area contributed by atoms with Crippen LogP contribution in [0.5, 0.6) is 0 Å². The molecule has 1 heterocycles. The molecule has 0 fully saturated rings. The highest BCUT2D eigenvalue weighted by atomic mass is 16.6. The summed E-state index contributed by atoms with van der Waals surface area (Å²) >= 11 is 0. The van der Waals surface area contributed by atoms with Gasteiger partial charge in [0.1, 0.15) is 12.7 Å². The molecule has 2 aromatic rings. The summed E-state index contributed by atoms with van der Waals surface area (Å²) in [7, 11) is 0. The Morgan fingerprint density at radius 2 is 2.10 bits per heavy atom.